The molecule has 2 N–H and O–H groups in total. The minimum atomic E-state index is -0.543. The lowest BCUT2D eigenvalue weighted by molar-refractivity contribution is -0.119. The molecule has 0 aromatic heterocycles. The minimum Gasteiger partial charge on any atom is -0.442 e. The Kier molecular flexibility index (Phi) is 6.71. The average Bonchev–Trinajstić information content (AvgIpc) is 3.07. The fourth-order valence-corrected chi connectivity index (χ4v) is 3.32. The zero-order chi connectivity index (χ0) is 21.0. The molecule has 9 heteroatoms. The van der Waals surface area contributed by atoms with Gasteiger partial charge in [0.1, 0.15) is 11.9 Å². The smallest absolute Gasteiger partial charge is 0.414 e. The van der Waals surface area contributed by atoms with Crippen molar-refractivity contribution in [3.63, 3.8) is 0 Å². The van der Waals surface area contributed by atoms with E-state index in [9.17, 15) is 14.0 Å². The van der Waals surface area contributed by atoms with Crippen LogP contribution in [0.3, 0.4) is 0 Å². The van der Waals surface area contributed by atoms with Gasteiger partial charge in [-0.05, 0) is 24.6 Å². The second-order valence-electron chi connectivity index (χ2n) is 7.29. The molecule has 0 aliphatic carbocycles. The van der Waals surface area contributed by atoms with E-state index in [4.69, 9.17) is 4.74 Å². The molecule has 2 heterocycles. The molecule has 158 valence electrons. The number of cyclic esters (lactones) is 1. The number of carbonyl (C=O) groups excluding carboxylic acids is 2. The number of nitrogens with zero attached hydrogens (tertiary/aromatic N) is 3. The van der Waals surface area contributed by atoms with Crippen LogP contribution in [-0.2, 0) is 9.53 Å². The summed E-state index contributed by atoms with van der Waals surface area (Å²) in [6.45, 7) is 10.7. The van der Waals surface area contributed by atoms with E-state index in [1.165, 1.54) is 17.9 Å². The number of anilines is 2. The van der Waals surface area contributed by atoms with Gasteiger partial charge >= 0.3 is 6.09 Å². The standard InChI is InChI=1S/C20H28FN5O3/c1-4-14(2)11-25-8-7-24(13-23-25)19-6-5-16(9-18(19)21)26-12-17(29-20(26)28)10-22-15(3)27/h5-6,9,17,23H,2,4,7-8,10-13H2,1,3H3,(H,22,27). The first-order valence-electron chi connectivity index (χ1n) is 9.79. The van der Waals surface area contributed by atoms with Crippen LogP contribution in [0.2, 0.25) is 0 Å². The summed E-state index contributed by atoms with van der Waals surface area (Å²) in [5.41, 5.74) is 5.35. The fourth-order valence-electron chi connectivity index (χ4n) is 3.32. The monoisotopic (exact) mass is 405 g/mol. The summed E-state index contributed by atoms with van der Waals surface area (Å²) >= 11 is 0. The first-order valence-corrected chi connectivity index (χ1v) is 9.79. The lowest BCUT2D eigenvalue weighted by atomic mass is 10.2. The molecule has 0 bridgehead atoms. The predicted molar refractivity (Wildman–Crippen MR) is 109 cm³/mol. The molecule has 2 saturated heterocycles. The molecule has 0 radical (unpaired) electrons. The highest BCUT2D eigenvalue weighted by molar-refractivity contribution is 5.90. The van der Waals surface area contributed by atoms with Crippen molar-refractivity contribution in [3.8, 4) is 0 Å². The van der Waals surface area contributed by atoms with Gasteiger partial charge < -0.3 is 15.0 Å². The summed E-state index contributed by atoms with van der Waals surface area (Å²) in [7, 11) is 0. The molecular formula is C20H28FN5O3. The third kappa shape index (κ3) is 5.24. The first kappa shape index (κ1) is 21.1. The molecule has 8 nitrogen and oxygen atoms in total. The number of ether oxygens (including phenoxy) is 1. The van der Waals surface area contributed by atoms with Gasteiger partial charge in [0.2, 0.25) is 5.91 Å². The number of hydrogen-bond acceptors (Lipinski definition) is 6. The van der Waals surface area contributed by atoms with Crippen LogP contribution in [0.15, 0.2) is 30.4 Å². The normalized spacial score (nSPS) is 20.0. The third-order valence-electron chi connectivity index (χ3n) is 5.08. The van der Waals surface area contributed by atoms with E-state index >= 15 is 0 Å². The van der Waals surface area contributed by atoms with Gasteiger partial charge in [-0.3, -0.25) is 9.69 Å². The van der Waals surface area contributed by atoms with E-state index in [0.717, 1.165) is 25.1 Å². The Labute approximate surface area is 170 Å². The number of hydrogen-bond donors (Lipinski definition) is 2. The molecule has 1 aromatic rings. The average molecular weight is 405 g/mol. The molecule has 1 aromatic carbocycles. The molecule has 29 heavy (non-hydrogen) atoms. The maximum atomic E-state index is 14.8. The largest absolute Gasteiger partial charge is 0.442 e. The molecule has 0 saturated carbocycles. The van der Waals surface area contributed by atoms with Crippen molar-refractivity contribution in [1.29, 1.82) is 0 Å². The van der Waals surface area contributed by atoms with Gasteiger partial charge in [0.15, 0.2) is 0 Å². The van der Waals surface area contributed by atoms with Gasteiger partial charge in [0, 0.05) is 26.6 Å². The Morgan fingerprint density at radius 2 is 2.21 bits per heavy atom. The molecule has 1 unspecified atom stereocenters. The lowest BCUT2D eigenvalue weighted by Gasteiger charge is -2.37. The molecule has 2 amide bonds. The summed E-state index contributed by atoms with van der Waals surface area (Å²) in [6.07, 6.45) is -0.0639. The van der Waals surface area contributed by atoms with Crippen LogP contribution in [0.1, 0.15) is 20.3 Å². The van der Waals surface area contributed by atoms with Crippen molar-refractivity contribution in [2.45, 2.75) is 26.4 Å². The molecule has 2 aliphatic rings. The van der Waals surface area contributed by atoms with Crippen molar-refractivity contribution in [2.75, 3.05) is 49.2 Å². The second-order valence-corrected chi connectivity index (χ2v) is 7.29. The number of rotatable bonds is 7. The fraction of sp³-hybridized carbons (Fsp3) is 0.500. The maximum Gasteiger partial charge on any atom is 0.414 e. The zero-order valence-corrected chi connectivity index (χ0v) is 16.9. The molecular weight excluding hydrogens is 377 g/mol. The van der Waals surface area contributed by atoms with E-state index in [0.29, 0.717) is 24.6 Å². The Bertz CT molecular complexity index is 779. The van der Waals surface area contributed by atoms with Crippen LogP contribution >= 0.6 is 0 Å². The highest BCUT2D eigenvalue weighted by Crippen LogP contribution is 2.28. The summed E-state index contributed by atoms with van der Waals surface area (Å²) in [4.78, 5) is 26.4. The van der Waals surface area contributed by atoms with Crippen molar-refractivity contribution >= 4 is 23.4 Å². The topological polar surface area (TPSA) is 77.2 Å². The number of amides is 2. The van der Waals surface area contributed by atoms with E-state index in [1.54, 1.807) is 12.1 Å². The Hall–Kier alpha value is -2.65. The van der Waals surface area contributed by atoms with Gasteiger partial charge in [0.25, 0.3) is 0 Å². The zero-order valence-electron chi connectivity index (χ0n) is 16.9. The third-order valence-corrected chi connectivity index (χ3v) is 5.08. The van der Waals surface area contributed by atoms with Crippen molar-refractivity contribution < 1.29 is 18.7 Å². The van der Waals surface area contributed by atoms with Crippen LogP contribution < -0.4 is 20.5 Å². The van der Waals surface area contributed by atoms with Crippen LogP contribution in [0.5, 0.6) is 0 Å². The Balaban J connectivity index is 1.60. The predicted octanol–water partition coefficient (Wildman–Crippen LogP) is 1.84. The highest BCUT2D eigenvalue weighted by Gasteiger charge is 2.33. The Morgan fingerprint density at radius 3 is 2.83 bits per heavy atom. The van der Waals surface area contributed by atoms with Crippen molar-refractivity contribution in [3.05, 3.63) is 36.2 Å². The lowest BCUT2D eigenvalue weighted by Crippen LogP contribution is -2.54. The number of benzene rings is 1. The number of carbonyl (C=O) groups is 2. The van der Waals surface area contributed by atoms with Crippen molar-refractivity contribution in [2.24, 2.45) is 0 Å². The van der Waals surface area contributed by atoms with Gasteiger partial charge in [0.05, 0.1) is 31.1 Å². The van der Waals surface area contributed by atoms with Gasteiger partial charge in [-0.15, -0.1) is 0 Å². The summed E-state index contributed by atoms with van der Waals surface area (Å²) in [5.74, 6) is -0.587. The highest BCUT2D eigenvalue weighted by atomic mass is 19.1. The molecule has 0 spiro atoms. The van der Waals surface area contributed by atoms with Crippen LogP contribution in [0.25, 0.3) is 0 Å². The van der Waals surface area contributed by atoms with Gasteiger partial charge in [-0.25, -0.2) is 19.6 Å². The molecule has 2 fully saturated rings. The quantitative estimate of drug-likeness (QED) is 0.674. The number of hydrazine groups is 1. The SMILES string of the molecule is C=C(CC)CN1CCN(c2ccc(N3CC(CNC(C)=O)OC3=O)cc2F)CN1. The van der Waals surface area contributed by atoms with E-state index in [2.05, 4.69) is 29.3 Å². The number of halogens is 1. The summed E-state index contributed by atoms with van der Waals surface area (Å²) in [6, 6.07) is 4.75. The van der Waals surface area contributed by atoms with E-state index in [1.807, 2.05) is 4.90 Å². The summed E-state index contributed by atoms with van der Waals surface area (Å²) < 4.78 is 20.0. The van der Waals surface area contributed by atoms with Crippen molar-refractivity contribution in [1.82, 2.24) is 15.8 Å². The van der Waals surface area contributed by atoms with Crippen LogP contribution in [-0.4, -0.2) is 62.5 Å². The van der Waals surface area contributed by atoms with Crippen LogP contribution in [0, 0.1) is 5.82 Å². The summed E-state index contributed by atoms with van der Waals surface area (Å²) in [5, 5.41) is 4.71. The van der Waals surface area contributed by atoms with E-state index < -0.39 is 18.0 Å². The van der Waals surface area contributed by atoms with Gasteiger partial charge in [-0.2, -0.15) is 0 Å². The maximum absolute atomic E-state index is 14.8. The second kappa shape index (κ2) is 9.23. The molecule has 3 rings (SSSR count). The van der Waals surface area contributed by atoms with Crippen LogP contribution in [0.4, 0.5) is 20.6 Å². The molecule has 2 aliphatic heterocycles. The van der Waals surface area contributed by atoms with E-state index in [-0.39, 0.29) is 19.0 Å². The minimum absolute atomic E-state index is 0.192. The number of nitrogens with one attached hydrogen (secondary N) is 2. The van der Waals surface area contributed by atoms with Gasteiger partial charge in [-0.1, -0.05) is 19.1 Å². The Morgan fingerprint density at radius 1 is 1.41 bits per heavy atom. The first-order chi connectivity index (χ1) is 13.9. The molecule has 1 atom stereocenters.